The topological polar surface area (TPSA) is 78.4 Å². The summed E-state index contributed by atoms with van der Waals surface area (Å²) in [6, 6.07) is 0. The molecule has 0 spiro atoms. The Labute approximate surface area is 107 Å². The molecular weight excluding hydrogens is 232 g/mol. The molecule has 1 saturated heterocycles. The molecule has 0 aromatic heterocycles. The quantitative estimate of drug-likeness (QED) is 0.672. The molecule has 1 saturated carbocycles. The van der Waals surface area contributed by atoms with E-state index < -0.39 is 5.60 Å². The standard InChI is InChI=1S/C13H22N2O3/c1-9-3-2-4-13(18,6-9)8-15-12(17)10-5-11(16)14-7-10/h9-10,18H,2-8H2,1H3,(H,14,16)(H,15,17). The van der Waals surface area contributed by atoms with Crippen molar-refractivity contribution in [2.24, 2.45) is 11.8 Å². The first kappa shape index (κ1) is 13.3. The molecule has 5 heteroatoms. The van der Waals surface area contributed by atoms with Crippen molar-refractivity contribution in [3.8, 4) is 0 Å². The number of aliphatic hydroxyl groups is 1. The molecule has 0 radical (unpaired) electrons. The molecule has 0 aromatic carbocycles. The molecule has 0 bridgehead atoms. The summed E-state index contributed by atoms with van der Waals surface area (Å²) in [4.78, 5) is 22.9. The molecule has 3 unspecified atom stereocenters. The van der Waals surface area contributed by atoms with Crippen molar-refractivity contribution >= 4 is 11.8 Å². The lowest BCUT2D eigenvalue weighted by Crippen LogP contribution is -2.47. The Kier molecular flexibility index (Phi) is 3.90. The van der Waals surface area contributed by atoms with Crippen LogP contribution in [0.1, 0.15) is 39.0 Å². The molecule has 3 N–H and O–H groups in total. The van der Waals surface area contributed by atoms with E-state index in [-0.39, 0.29) is 24.2 Å². The molecule has 2 fully saturated rings. The highest BCUT2D eigenvalue weighted by Crippen LogP contribution is 2.31. The zero-order valence-electron chi connectivity index (χ0n) is 10.9. The molecule has 18 heavy (non-hydrogen) atoms. The van der Waals surface area contributed by atoms with Crippen LogP contribution in [0.3, 0.4) is 0 Å². The highest BCUT2D eigenvalue weighted by atomic mass is 16.3. The molecular formula is C13H22N2O3. The number of carbonyl (C=O) groups is 2. The van der Waals surface area contributed by atoms with Crippen LogP contribution in [0.25, 0.3) is 0 Å². The highest BCUT2D eigenvalue weighted by Gasteiger charge is 2.34. The molecule has 2 rings (SSSR count). The zero-order chi connectivity index (χ0) is 13.2. The van der Waals surface area contributed by atoms with Crippen molar-refractivity contribution in [3.05, 3.63) is 0 Å². The Morgan fingerprint density at radius 1 is 1.61 bits per heavy atom. The lowest BCUT2D eigenvalue weighted by molar-refractivity contribution is -0.128. The van der Waals surface area contributed by atoms with E-state index in [0.717, 1.165) is 25.7 Å². The maximum Gasteiger partial charge on any atom is 0.225 e. The van der Waals surface area contributed by atoms with Gasteiger partial charge in [0.15, 0.2) is 0 Å². The maximum absolute atomic E-state index is 11.8. The van der Waals surface area contributed by atoms with Crippen LogP contribution in [0.5, 0.6) is 0 Å². The Bertz CT molecular complexity index is 345. The predicted octanol–water partition coefficient (Wildman–Crippen LogP) is 0.180. The Balaban J connectivity index is 1.80. The second-order valence-electron chi connectivity index (χ2n) is 5.85. The molecule has 2 amide bonds. The van der Waals surface area contributed by atoms with Gasteiger partial charge in [0.25, 0.3) is 0 Å². The SMILES string of the molecule is CC1CCCC(O)(CNC(=O)C2CNC(=O)C2)C1. The molecule has 0 aromatic rings. The highest BCUT2D eigenvalue weighted by molar-refractivity contribution is 5.89. The minimum Gasteiger partial charge on any atom is -0.388 e. The molecule has 1 aliphatic carbocycles. The first-order valence-corrected chi connectivity index (χ1v) is 6.75. The summed E-state index contributed by atoms with van der Waals surface area (Å²) in [5.74, 6) is 0.0395. The van der Waals surface area contributed by atoms with E-state index in [1.54, 1.807) is 0 Å². The van der Waals surface area contributed by atoms with E-state index in [2.05, 4.69) is 17.6 Å². The van der Waals surface area contributed by atoms with Crippen molar-refractivity contribution in [2.75, 3.05) is 13.1 Å². The zero-order valence-corrected chi connectivity index (χ0v) is 10.9. The second kappa shape index (κ2) is 5.26. The van der Waals surface area contributed by atoms with E-state index in [9.17, 15) is 14.7 Å². The molecule has 2 aliphatic rings. The third-order valence-corrected chi connectivity index (χ3v) is 4.01. The van der Waals surface area contributed by atoms with Gasteiger partial charge in [-0.3, -0.25) is 9.59 Å². The fourth-order valence-corrected chi connectivity index (χ4v) is 2.98. The second-order valence-corrected chi connectivity index (χ2v) is 5.85. The smallest absolute Gasteiger partial charge is 0.225 e. The number of nitrogens with one attached hydrogen (secondary N) is 2. The summed E-state index contributed by atoms with van der Waals surface area (Å²) in [5.41, 5.74) is -0.761. The summed E-state index contributed by atoms with van der Waals surface area (Å²) in [6.07, 6.45) is 3.92. The van der Waals surface area contributed by atoms with Gasteiger partial charge >= 0.3 is 0 Å². The van der Waals surface area contributed by atoms with E-state index in [1.807, 2.05) is 0 Å². The van der Waals surface area contributed by atoms with Gasteiger partial charge in [-0.25, -0.2) is 0 Å². The fraction of sp³-hybridized carbons (Fsp3) is 0.846. The Morgan fingerprint density at radius 2 is 2.39 bits per heavy atom. The van der Waals surface area contributed by atoms with Crippen LogP contribution in [-0.4, -0.2) is 35.6 Å². The van der Waals surface area contributed by atoms with Crippen molar-refractivity contribution < 1.29 is 14.7 Å². The third-order valence-electron chi connectivity index (χ3n) is 4.01. The van der Waals surface area contributed by atoms with Crippen LogP contribution in [0.4, 0.5) is 0 Å². The summed E-state index contributed by atoms with van der Waals surface area (Å²) >= 11 is 0. The van der Waals surface area contributed by atoms with Crippen LogP contribution < -0.4 is 10.6 Å². The van der Waals surface area contributed by atoms with Gasteiger partial charge in [-0.1, -0.05) is 19.8 Å². The lowest BCUT2D eigenvalue weighted by Gasteiger charge is -2.35. The van der Waals surface area contributed by atoms with Crippen molar-refractivity contribution in [2.45, 2.75) is 44.6 Å². The number of rotatable bonds is 3. The maximum atomic E-state index is 11.8. The number of amides is 2. The van der Waals surface area contributed by atoms with E-state index in [0.29, 0.717) is 19.0 Å². The van der Waals surface area contributed by atoms with E-state index in [1.165, 1.54) is 0 Å². The van der Waals surface area contributed by atoms with Gasteiger partial charge in [0.05, 0.1) is 11.5 Å². The van der Waals surface area contributed by atoms with Crippen molar-refractivity contribution in [1.82, 2.24) is 10.6 Å². The van der Waals surface area contributed by atoms with Gasteiger partial charge in [-0.05, 0) is 18.8 Å². The Morgan fingerprint density at radius 3 is 3.00 bits per heavy atom. The minimum atomic E-state index is -0.761. The Hall–Kier alpha value is -1.10. The molecule has 102 valence electrons. The van der Waals surface area contributed by atoms with Gasteiger partial charge in [0.2, 0.25) is 11.8 Å². The predicted molar refractivity (Wildman–Crippen MR) is 66.7 cm³/mol. The average Bonchev–Trinajstić information content (AvgIpc) is 2.73. The summed E-state index contributed by atoms with van der Waals surface area (Å²) in [5, 5.41) is 15.8. The molecule has 1 heterocycles. The van der Waals surface area contributed by atoms with Crippen LogP contribution in [0.2, 0.25) is 0 Å². The number of hydrogen-bond acceptors (Lipinski definition) is 3. The fourth-order valence-electron chi connectivity index (χ4n) is 2.98. The molecule has 5 nitrogen and oxygen atoms in total. The van der Waals surface area contributed by atoms with Crippen LogP contribution in [0.15, 0.2) is 0 Å². The lowest BCUT2D eigenvalue weighted by atomic mass is 9.79. The summed E-state index contributed by atoms with van der Waals surface area (Å²) < 4.78 is 0. The van der Waals surface area contributed by atoms with Gasteiger partial charge < -0.3 is 15.7 Å². The number of carbonyl (C=O) groups excluding carboxylic acids is 2. The van der Waals surface area contributed by atoms with Crippen LogP contribution >= 0.6 is 0 Å². The van der Waals surface area contributed by atoms with Gasteiger partial charge in [-0.2, -0.15) is 0 Å². The van der Waals surface area contributed by atoms with Gasteiger partial charge in [-0.15, -0.1) is 0 Å². The molecule has 1 aliphatic heterocycles. The first-order valence-electron chi connectivity index (χ1n) is 6.75. The van der Waals surface area contributed by atoms with E-state index in [4.69, 9.17) is 0 Å². The van der Waals surface area contributed by atoms with Crippen molar-refractivity contribution in [1.29, 1.82) is 0 Å². The number of hydrogen-bond donors (Lipinski definition) is 3. The minimum absolute atomic E-state index is 0.0693. The largest absolute Gasteiger partial charge is 0.388 e. The van der Waals surface area contributed by atoms with E-state index >= 15 is 0 Å². The monoisotopic (exact) mass is 254 g/mol. The first-order chi connectivity index (χ1) is 8.48. The summed E-state index contributed by atoms with van der Waals surface area (Å²) in [6.45, 7) is 2.85. The van der Waals surface area contributed by atoms with Gasteiger partial charge in [0, 0.05) is 19.5 Å². The summed E-state index contributed by atoms with van der Waals surface area (Å²) in [7, 11) is 0. The average molecular weight is 254 g/mol. The normalized spacial score (nSPS) is 36.2. The molecule has 3 atom stereocenters. The van der Waals surface area contributed by atoms with Gasteiger partial charge in [0.1, 0.15) is 0 Å². The van der Waals surface area contributed by atoms with Crippen LogP contribution in [-0.2, 0) is 9.59 Å². The van der Waals surface area contributed by atoms with Crippen molar-refractivity contribution in [3.63, 3.8) is 0 Å². The van der Waals surface area contributed by atoms with Crippen LogP contribution in [0, 0.1) is 11.8 Å². The third kappa shape index (κ3) is 3.22.